The summed E-state index contributed by atoms with van der Waals surface area (Å²) in [6.07, 6.45) is 2.89. The van der Waals surface area contributed by atoms with E-state index in [2.05, 4.69) is 58.5 Å². The third kappa shape index (κ3) is 6.92. The summed E-state index contributed by atoms with van der Waals surface area (Å²) in [6, 6.07) is 16.7. The van der Waals surface area contributed by atoms with Crippen molar-refractivity contribution in [1.29, 1.82) is 0 Å². The quantitative estimate of drug-likeness (QED) is 0.360. The Morgan fingerprint density at radius 2 is 1.85 bits per heavy atom. The highest BCUT2D eigenvalue weighted by atomic mass is 32.2. The summed E-state index contributed by atoms with van der Waals surface area (Å²) in [5, 5.41) is 7.26. The van der Waals surface area contributed by atoms with E-state index in [1.807, 2.05) is 36.0 Å². The molecule has 33 heavy (non-hydrogen) atoms. The average molecular weight is 465 g/mol. The van der Waals surface area contributed by atoms with Crippen LogP contribution in [0.15, 0.2) is 57.9 Å². The van der Waals surface area contributed by atoms with Crippen molar-refractivity contribution in [2.24, 2.45) is 5.92 Å². The van der Waals surface area contributed by atoms with Crippen LogP contribution in [0.5, 0.6) is 0 Å². The molecule has 2 heterocycles. The van der Waals surface area contributed by atoms with Crippen molar-refractivity contribution in [3.05, 3.63) is 65.5 Å². The van der Waals surface area contributed by atoms with E-state index in [1.54, 1.807) is 0 Å². The van der Waals surface area contributed by atoms with Crippen molar-refractivity contribution in [1.82, 2.24) is 20.4 Å². The van der Waals surface area contributed by atoms with E-state index in [9.17, 15) is 4.79 Å². The first-order valence-electron chi connectivity index (χ1n) is 11.7. The van der Waals surface area contributed by atoms with E-state index >= 15 is 0 Å². The highest BCUT2D eigenvalue weighted by molar-refractivity contribution is 7.99. The SMILES string of the molecule is Cc1ccc(SCCCNC(=O)C2CCCN(Cc3nc(-c4ccc(C)cc4)no3)C2)cc1. The number of aromatic nitrogens is 2. The number of rotatable bonds is 9. The Bertz CT molecular complexity index is 1030. The number of hydrogen-bond acceptors (Lipinski definition) is 6. The molecule has 1 aliphatic rings. The van der Waals surface area contributed by atoms with Crippen LogP contribution in [0.2, 0.25) is 0 Å². The molecule has 1 amide bonds. The number of carbonyl (C=O) groups is 1. The summed E-state index contributed by atoms with van der Waals surface area (Å²) >= 11 is 1.84. The molecule has 3 aromatic rings. The summed E-state index contributed by atoms with van der Waals surface area (Å²) in [5.41, 5.74) is 3.43. The van der Waals surface area contributed by atoms with Crippen LogP contribution in [0, 0.1) is 19.8 Å². The number of likely N-dealkylation sites (tertiary alicyclic amines) is 1. The number of hydrogen-bond donors (Lipinski definition) is 1. The molecule has 4 rings (SSSR count). The molecule has 1 atom stereocenters. The molecular weight excluding hydrogens is 432 g/mol. The van der Waals surface area contributed by atoms with Crippen LogP contribution >= 0.6 is 11.8 Å². The van der Waals surface area contributed by atoms with Gasteiger partial charge < -0.3 is 9.84 Å². The summed E-state index contributed by atoms with van der Waals surface area (Å²) in [7, 11) is 0. The number of benzene rings is 2. The van der Waals surface area contributed by atoms with Gasteiger partial charge in [0, 0.05) is 23.5 Å². The van der Waals surface area contributed by atoms with Crippen LogP contribution in [0.3, 0.4) is 0 Å². The molecule has 0 aliphatic carbocycles. The molecule has 1 saturated heterocycles. The van der Waals surface area contributed by atoms with Gasteiger partial charge in [-0.05, 0) is 57.5 Å². The van der Waals surface area contributed by atoms with Crippen molar-refractivity contribution >= 4 is 17.7 Å². The second-order valence-corrected chi connectivity index (χ2v) is 9.93. The highest BCUT2D eigenvalue weighted by Crippen LogP contribution is 2.21. The minimum absolute atomic E-state index is 0.0167. The normalized spacial score (nSPS) is 16.6. The standard InChI is InChI=1S/C26H32N4O2S/c1-19-6-10-21(11-7-19)25-28-24(32-29-25)18-30-15-3-5-22(17-30)26(31)27-14-4-16-33-23-12-8-20(2)9-13-23/h6-13,22H,3-5,14-18H2,1-2H3,(H,27,31). The van der Waals surface area contributed by atoms with Crippen molar-refractivity contribution in [3.63, 3.8) is 0 Å². The fourth-order valence-corrected chi connectivity index (χ4v) is 4.85. The zero-order chi connectivity index (χ0) is 23.0. The van der Waals surface area contributed by atoms with Gasteiger partial charge in [-0.25, -0.2) is 0 Å². The molecular formula is C26H32N4O2S. The van der Waals surface area contributed by atoms with Gasteiger partial charge in [0.1, 0.15) is 0 Å². The number of piperidine rings is 1. The molecule has 1 N–H and O–H groups in total. The van der Waals surface area contributed by atoms with Gasteiger partial charge in [0.2, 0.25) is 17.6 Å². The van der Waals surface area contributed by atoms with Crippen molar-refractivity contribution in [2.75, 3.05) is 25.4 Å². The maximum Gasteiger partial charge on any atom is 0.241 e. The summed E-state index contributed by atoms with van der Waals surface area (Å²) in [6.45, 7) is 7.12. The predicted molar refractivity (Wildman–Crippen MR) is 132 cm³/mol. The van der Waals surface area contributed by atoms with Gasteiger partial charge in [-0.1, -0.05) is 52.7 Å². The molecule has 1 unspecified atom stereocenters. The first-order valence-corrected chi connectivity index (χ1v) is 12.6. The number of aryl methyl sites for hydroxylation is 2. The van der Waals surface area contributed by atoms with Crippen molar-refractivity contribution < 1.29 is 9.32 Å². The van der Waals surface area contributed by atoms with Crippen LogP contribution in [-0.2, 0) is 11.3 Å². The molecule has 0 saturated carbocycles. The molecule has 174 valence electrons. The van der Waals surface area contributed by atoms with E-state index in [-0.39, 0.29) is 11.8 Å². The van der Waals surface area contributed by atoms with Gasteiger partial charge in [-0.15, -0.1) is 11.8 Å². The summed E-state index contributed by atoms with van der Waals surface area (Å²) in [4.78, 5) is 20.8. The third-order valence-corrected chi connectivity index (χ3v) is 7.02. The molecule has 1 aliphatic heterocycles. The summed E-state index contributed by atoms with van der Waals surface area (Å²) in [5.74, 6) is 2.38. The van der Waals surface area contributed by atoms with E-state index in [1.165, 1.54) is 16.0 Å². The lowest BCUT2D eigenvalue weighted by Gasteiger charge is -2.30. The topological polar surface area (TPSA) is 71.3 Å². The van der Waals surface area contributed by atoms with E-state index in [4.69, 9.17) is 4.52 Å². The molecule has 0 radical (unpaired) electrons. The second-order valence-electron chi connectivity index (χ2n) is 8.76. The lowest BCUT2D eigenvalue weighted by molar-refractivity contribution is -0.126. The molecule has 6 nitrogen and oxygen atoms in total. The van der Waals surface area contributed by atoms with Crippen molar-refractivity contribution in [2.45, 2.75) is 44.6 Å². The molecule has 0 spiro atoms. The van der Waals surface area contributed by atoms with E-state index in [0.717, 1.165) is 50.2 Å². The molecule has 2 aromatic carbocycles. The fourth-order valence-electron chi connectivity index (χ4n) is 4.00. The Morgan fingerprint density at radius 1 is 1.12 bits per heavy atom. The lowest BCUT2D eigenvalue weighted by Crippen LogP contribution is -2.43. The fraction of sp³-hybridized carbons (Fsp3) is 0.423. The van der Waals surface area contributed by atoms with Gasteiger partial charge in [-0.2, -0.15) is 4.98 Å². The van der Waals surface area contributed by atoms with Gasteiger partial charge >= 0.3 is 0 Å². The lowest BCUT2D eigenvalue weighted by atomic mass is 9.97. The van der Waals surface area contributed by atoms with Crippen LogP contribution < -0.4 is 5.32 Å². The van der Waals surface area contributed by atoms with Crippen LogP contribution in [0.1, 0.15) is 36.3 Å². The van der Waals surface area contributed by atoms with Crippen molar-refractivity contribution in [3.8, 4) is 11.4 Å². The van der Waals surface area contributed by atoms with Gasteiger partial charge in [0.05, 0.1) is 12.5 Å². The largest absolute Gasteiger partial charge is 0.356 e. The monoisotopic (exact) mass is 464 g/mol. The molecule has 7 heteroatoms. The average Bonchev–Trinajstić information content (AvgIpc) is 3.29. The van der Waals surface area contributed by atoms with Crippen LogP contribution in [0.25, 0.3) is 11.4 Å². The maximum atomic E-state index is 12.7. The second kappa shape index (κ2) is 11.5. The van der Waals surface area contributed by atoms with Gasteiger partial charge in [0.25, 0.3) is 0 Å². The number of nitrogens with one attached hydrogen (secondary N) is 1. The smallest absolute Gasteiger partial charge is 0.241 e. The van der Waals surface area contributed by atoms with E-state index < -0.39 is 0 Å². The minimum atomic E-state index is 0.0167. The number of thioether (sulfide) groups is 1. The molecule has 0 bridgehead atoms. The Kier molecular flexibility index (Phi) is 8.18. The zero-order valence-electron chi connectivity index (χ0n) is 19.4. The highest BCUT2D eigenvalue weighted by Gasteiger charge is 2.26. The van der Waals surface area contributed by atoms with Gasteiger partial charge in [0.15, 0.2) is 0 Å². The molecule has 1 aromatic heterocycles. The zero-order valence-corrected chi connectivity index (χ0v) is 20.2. The van der Waals surface area contributed by atoms with E-state index in [0.29, 0.717) is 18.3 Å². The molecule has 1 fully saturated rings. The Balaban J connectivity index is 1.19. The Labute approximate surface area is 200 Å². The minimum Gasteiger partial charge on any atom is -0.356 e. The first kappa shape index (κ1) is 23.5. The van der Waals surface area contributed by atoms with Gasteiger partial charge in [-0.3, -0.25) is 9.69 Å². The van der Waals surface area contributed by atoms with Crippen LogP contribution in [0.4, 0.5) is 0 Å². The number of carbonyl (C=O) groups excluding carboxylic acids is 1. The first-order chi connectivity index (χ1) is 16.1. The van der Waals surface area contributed by atoms with Crippen LogP contribution in [-0.4, -0.2) is 46.3 Å². The number of nitrogens with zero attached hydrogens (tertiary/aromatic N) is 3. The third-order valence-electron chi connectivity index (χ3n) is 5.92. The number of amides is 1. The maximum absolute atomic E-state index is 12.7. The Hall–Kier alpha value is -2.64. The Morgan fingerprint density at radius 3 is 2.61 bits per heavy atom. The summed E-state index contributed by atoms with van der Waals surface area (Å²) < 4.78 is 5.48. The predicted octanol–water partition coefficient (Wildman–Crippen LogP) is 4.86.